The molecule has 0 spiro atoms. The molecule has 0 fully saturated rings. The molecule has 1 unspecified atom stereocenters. The van der Waals surface area contributed by atoms with E-state index < -0.39 is 5.60 Å². The van der Waals surface area contributed by atoms with Crippen molar-refractivity contribution in [3.8, 4) is 5.75 Å². The second-order valence-electron chi connectivity index (χ2n) is 5.66. The molecule has 2 aromatic carbocycles. The topological polar surface area (TPSA) is 18.5 Å². The fraction of sp³-hybridized carbons (Fsp3) is 0.300. The maximum Gasteiger partial charge on any atom is 0.153 e. The number of para-hydroxylation sites is 1. The van der Waals surface area contributed by atoms with E-state index in [0.29, 0.717) is 0 Å². The van der Waals surface area contributed by atoms with E-state index in [0.717, 1.165) is 30.9 Å². The number of rotatable bonds is 5. The van der Waals surface area contributed by atoms with Gasteiger partial charge in [0.1, 0.15) is 5.75 Å². The number of fused-ring (bicyclic) bond motifs is 1. The fourth-order valence-corrected chi connectivity index (χ4v) is 2.94. The monoisotopic (exact) mass is 294 g/mol. The van der Waals surface area contributed by atoms with Crippen molar-refractivity contribution < 1.29 is 9.47 Å². The van der Waals surface area contributed by atoms with E-state index in [-0.39, 0.29) is 0 Å². The van der Waals surface area contributed by atoms with Gasteiger partial charge in [0.15, 0.2) is 5.60 Å². The standard InChI is InChI=1S/C20H22O2/c1-3-21-14-13-18-15-16-9-7-8-12-19(16)22-20(18,2)17-10-5-4-6-11-17/h4-12,15H,3,13-14H2,1-2H3. The van der Waals surface area contributed by atoms with Crippen molar-refractivity contribution in [1.82, 2.24) is 0 Å². The molecule has 1 atom stereocenters. The van der Waals surface area contributed by atoms with Gasteiger partial charge in [-0.25, -0.2) is 0 Å². The summed E-state index contributed by atoms with van der Waals surface area (Å²) in [5.41, 5.74) is 3.13. The minimum absolute atomic E-state index is 0.438. The van der Waals surface area contributed by atoms with Crippen molar-refractivity contribution in [3.63, 3.8) is 0 Å². The Hall–Kier alpha value is -2.06. The predicted octanol–water partition coefficient (Wildman–Crippen LogP) is 4.80. The van der Waals surface area contributed by atoms with Crippen molar-refractivity contribution >= 4 is 6.08 Å². The molecule has 0 saturated carbocycles. The van der Waals surface area contributed by atoms with Crippen molar-refractivity contribution in [1.29, 1.82) is 0 Å². The second-order valence-corrected chi connectivity index (χ2v) is 5.66. The van der Waals surface area contributed by atoms with Crippen LogP contribution in [0.1, 0.15) is 31.4 Å². The zero-order valence-corrected chi connectivity index (χ0v) is 13.2. The van der Waals surface area contributed by atoms with Gasteiger partial charge in [-0.15, -0.1) is 0 Å². The summed E-state index contributed by atoms with van der Waals surface area (Å²) in [5, 5.41) is 0. The van der Waals surface area contributed by atoms with Crippen LogP contribution in [0.25, 0.3) is 6.08 Å². The number of hydrogen-bond donors (Lipinski definition) is 0. The van der Waals surface area contributed by atoms with Gasteiger partial charge in [0.2, 0.25) is 0 Å². The molecule has 0 aliphatic carbocycles. The molecule has 2 nitrogen and oxygen atoms in total. The molecular weight excluding hydrogens is 272 g/mol. The molecule has 0 amide bonds. The number of hydrogen-bond acceptors (Lipinski definition) is 2. The molecule has 0 aromatic heterocycles. The van der Waals surface area contributed by atoms with Crippen LogP contribution in [0.3, 0.4) is 0 Å². The van der Waals surface area contributed by atoms with Crippen molar-refractivity contribution in [3.05, 3.63) is 71.3 Å². The zero-order valence-electron chi connectivity index (χ0n) is 13.2. The number of benzene rings is 2. The first-order valence-corrected chi connectivity index (χ1v) is 7.86. The molecule has 0 radical (unpaired) electrons. The Morgan fingerprint density at radius 1 is 1.00 bits per heavy atom. The van der Waals surface area contributed by atoms with Gasteiger partial charge >= 0.3 is 0 Å². The molecule has 114 valence electrons. The Morgan fingerprint density at radius 2 is 1.73 bits per heavy atom. The first-order valence-electron chi connectivity index (χ1n) is 7.86. The lowest BCUT2D eigenvalue weighted by Crippen LogP contribution is -2.34. The summed E-state index contributed by atoms with van der Waals surface area (Å²) in [5.74, 6) is 0.939. The van der Waals surface area contributed by atoms with E-state index in [1.807, 2.05) is 31.2 Å². The molecule has 0 N–H and O–H groups in total. The highest BCUT2D eigenvalue weighted by atomic mass is 16.5. The SMILES string of the molecule is CCOCCC1=Cc2ccccc2OC1(C)c1ccccc1. The first-order chi connectivity index (χ1) is 10.7. The lowest BCUT2D eigenvalue weighted by molar-refractivity contribution is 0.103. The third kappa shape index (κ3) is 2.79. The summed E-state index contributed by atoms with van der Waals surface area (Å²) in [7, 11) is 0. The minimum Gasteiger partial charge on any atom is -0.478 e. The van der Waals surface area contributed by atoms with Gasteiger partial charge in [-0.05, 0) is 43.5 Å². The highest BCUT2D eigenvalue weighted by Gasteiger charge is 2.36. The molecule has 1 aliphatic rings. The van der Waals surface area contributed by atoms with Crippen LogP contribution in [0, 0.1) is 0 Å². The highest BCUT2D eigenvalue weighted by Crippen LogP contribution is 2.43. The largest absolute Gasteiger partial charge is 0.478 e. The molecule has 0 bridgehead atoms. The summed E-state index contributed by atoms with van der Waals surface area (Å²) < 4.78 is 12.0. The summed E-state index contributed by atoms with van der Waals surface area (Å²) in [6.45, 7) is 5.64. The van der Waals surface area contributed by atoms with Crippen LogP contribution < -0.4 is 4.74 Å². The van der Waals surface area contributed by atoms with E-state index in [4.69, 9.17) is 9.47 Å². The van der Waals surface area contributed by atoms with Crippen molar-refractivity contribution in [2.24, 2.45) is 0 Å². The van der Waals surface area contributed by atoms with Crippen LogP contribution >= 0.6 is 0 Å². The van der Waals surface area contributed by atoms with Crippen LogP contribution in [0.4, 0.5) is 0 Å². The van der Waals surface area contributed by atoms with Gasteiger partial charge in [0, 0.05) is 12.2 Å². The fourth-order valence-electron chi connectivity index (χ4n) is 2.94. The van der Waals surface area contributed by atoms with Crippen LogP contribution in [0.2, 0.25) is 0 Å². The number of ether oxygens (including phenoxy) is 2. The van der Waals surface area contributed by atoms with Crippen LogP contribution in [0.15, 0.2) is 60.2 Å². The maximum atomic E-state index is 6.42. The van der Waals surface area contributed by atoms with Gasteiger partial charge in [0.05, 0.1) is 6.61 Å². The minimum atomic E-state index is -0.438. The molecule has 1 heterocycles. The van der Waals surface area contributed by atoms with Gasteiger partial charge in [-0.1, -0.05) is 48.5 Å². The smallest absolute Gasteiger partial charge is 0.153 e. The Labute approximate surface area is 132 Å². The van der Waals surface area contributed by atoms with Crippen molar-refractivity contribution in [2.75, 3.05) is 13.2 Å². The second kappa shape index (κ2) is 6.37. The lowest BCUT2D eigenvalue weighted by Gasteiger charge is -2.37. The average Bonchev–Trinajstić information content (AvgIpc) is 2.56. The molecule has 3 rings (SSSR count). The summed E-state index contributed by atoms with van der Waals surface area (Å²) in [6.07, 6.45) is 3.12. The van der Waals surface area contributed by atoms with Gasteiger partial charge in [0.25, 0.3) is 0 Å². The van der Waals surface area contributed by atoms with Gasteiger partial charge < -0.3 is 9.47 Å². The average molecular weight is 294 g/mol. The van der Waals surface area contributed by atoms with E-state index in [1.54, 1.807) is 0 Å². The van der Waals surface area contributed by atoms with E-state index in [9.17, 15) is 0 Å². The summed E-state index contributed by atoms with van der Waals surface area (Å²) in [6, 6.07) is 18.6. The zero-order chi connectivity index (χ0) is 15.4. The summed E-state index contributed by atoms with van der Waals surface area (Å²) in [4.78, 5) is 0. The molecule has 2 heteroatoms. The van der Waals surface area contributed by atoms with Gasteiger partial charge in [-0.3, -0.25) is 0 Å². The van der Waals surface area contributed by atoms with E-state index in [1.165, 1.54) is 11.1 Å². The van der Waals surface area contributed by atoms with Gasteiger partial charge in [-0.2, -0.15) is 0 Å². The molecular formula is C20H22O2. The Kier molecular flexibility index (Phi) is 4.30. The third-order valence-electron chi connectivity index (χ3n) is 4.22. The Morgan fingerprint density at radius 3 is 2.50 bits per heavy atom. The normalized spacial score (nSPS) is 20.0. The van der Waals surface area contributed by atoms with Crippen LogP contribution in [-0.2, 0) is 10.3 Å². The molecule has 22 heavy (non-hydrogen) atoms. The van der Waals surface area contributed by atoms with E-state index in [2.05, 4.69) is 43.3 Å². The Bertz CT molecular complexity index is 660. The lowest BCUT2D eigenvalue weighted by atomic mass is 9.83. The van der Waals surface area contributed by atoms with Crippen LogP contribution in [0.5, 0.6) is 5.75 Å². The highest BCUT2D eigenvalue weighted by molar-refractivity contribution is 5.65. The quantitative estimate of drug-likeness (QED) is 0.737. The predicted molar refractivity (Wildman–Crippen MR) is 90.0 cm³/mol. The van der Waals surface area contributed by atoms with Crippen LogP contribution in [-0.4, -0.2) is 13.2 Å². The molecule has 2 aromatic rings. The molecule has 1 aliphatic heterocycles. The third-order valence-corrected chi connectivity index (χ3v) is 4.22. The molecule has 0 saturated heterocycles. The maximum absolute atomic E-state index is 6.42. The van der Waals surface area contributed by atoms with E-state index >= 15 is 0 Å². The first kappa shape index (κ1) is 14.9. The Balaban J connectivity index is 2.00. The van der Waals surface area contributed by atoms with Crippen molar-refractivity contribution in [2.45, 2.75) is 25.9 Å². The summed E-state index contributed by atoms with van der Waals surface area (Å²) >= 11 is 0.